The Morgan fingerprint density at radius 2 is 2.09 bits per heavy atom. The highest BCUT2D eigenvalue weighted by atomic mass is 15.1. The van der Waals surface area contributed by atoms with Crippen molar-refractivity contribution in [2.75, 3.05) is 7.05 Å². The van der Waals surface area contributed by atoms with Crippen LogP contribution in [0.25, 0.3) is 0 Å². The van der Waals surface area contributed by atoms with Crippen LogP contribution in [0.15, 0.2) is 37.6 Å². The van der Waals surface area contributed by atoms with Crippen molar-refractivity contribution in [2.45, 2.75) is 19.4 Å². The van der Waals surface area contributed by atoms with Crippen LogP contribution in [0, 0.1) is 0 Å². The highest BCUT2D eigenvalue weighted by molar-refractivity contribution is 5.12. The lowest BCUT2D eigenvalue weighted by molar-refractivity contribution is 0.357. The topological polar surface area (TPSA) is 3.24 Å². The molecule has 1 nitrogen and oxygen atoms in total. The summed E-state index contributed by atoms with van der Waals surface area (Å²) in [4.78, 5) is 2.07. The highest BCUT2D eigenvalue weighted by Crippen LogP contribution is 2.09. The van der Waals surface area contributed by atoms with Gasteiger partial charge in [0.25, 0.3) is 0 Å². The summed E-state index contributed by atoms with van der Waals surface area (Å²) < 4.78 is 0. The normalized spacial score (nSPS) is 11.8. The molecule has 0 aliphatic heterocycles. The van der Waals surface area contributed by atoms with Gasteiger partial charge in [-0.05, 0) is 12.5 Å². The molecule has 1 heteroatoms. The lowest BCUT2D eigenvalue weighted by Crippen LogP contribution is -2.27. The average molecular weight is 151 g/mol. The minimum atomic E-state index is 0.375. The third kappa shape index (κ3) is 2.62. The van der Waals surface area contributed by atoms with E-state index < -0.39 is 0 Å². The maximum absolute atomic E-state index is 3.85. The van der Waals surface area contributed by atoms with Crippen LogP contribution in [0.5, 0.6) is 0 Å². The number of hydrogen-bond acceptors (Lipinski definition) is 1. The van der Waals surface area contributed by atoms with E-state index >= 15 is 0 Å². The summed E-state index contributed by atoms with van der Waals surface area (Å²) in [5, 5.41) is 0. The van der Waals surface area contributed by atoms with Crippen LogP contribution in [0.2, 0.25) is 0 Å². The Morgan fingerprint density at radius 1 is 1.55 bits per heavy atom. The van der Waals surface area contributed by atoms with Crippen molar-refractivity contribution in [3.05, 3.63) is 37.6 Å². The van der Waals surface area contributed by atoms with Gasteiger partial charge in [0.2, 0.25) is 0 Å². The van der Waals surface area contributed by atoms with Crippen LogP contribution in [0.1, 0.15) is 13.3 Å². The lowest BCUT2D eigenvalue weighted by atomic mass is 10.2. The van der Waals surface area contributed by atoms with Crippen LogP contribution in [0.4, 0.5) is 0 Å². The third-order valence-corrected chi connectivity index (χ3v) is 1.88. The zero-order chi connectivity index (χ0) is 8.85. The Bertz CT molecular complexity index is 158. The van der Waals surface area contributed by atoms with Crippen molar-refractivity contribution >= 4 is 0 Å². The maximum atomic E-state index is 3.85. The van der Waals surface area contributed by atoms with Gasteiger partial charge < -0.3 is 4.90 Å². The number of nitrogens with zero attached hydrogens (tertiary/aromatic N) is 1. The molecule has 0 aliphatic carbocycles. The van der Waals surface area contributed by atoms with Gasteiger partial charge in [0.1, 0.15) is 0 Å². The van der Waals surface area contributed by atoms with Gasteiger partial charge >= 0.3 is 0 Å². The van der Waals surface area contributed by atoms with Crippen molar-refractivity contribution in [1.29, 1.82) is 0 Å². The van der Waals surface area contributed by atoms with Crippen molar-refractivity contribution in [3.63, 3.8) is 0 Å². The second-order valence-corrected chi connectivity index (χ2v) is 2.52. The number of rotatable bonds is 5. The summed E-state index contributed by atoms with van der Waals surface area (Å²) in [6, 6.07) is 0.375. The average Bonchev–Trinajstić information content (AvgIpc) is 2.05. The molecule has 0 saturated heterocycles. The molecule has 62 valence electrons. The Morgan fingerprint density at radius 3 is 2.36 bits per heavy atom. The number of hydrogen-bond donors (Lipinski definition) is 0. The van der Waals surface area contributed by atoms with Crippen LogP contribution >= 0.6 is 0 Å². The van der Waals surface area contributed by atoms with E-state index in [1.807, 2.05) is 13.1 Å². The van der Waals surface area contributed by atoms with Gasteiger partial charge in [-0.15, -0.1) is 6.58 Å². The third-order valence-electron chi connectivity index (χ3n) is 1.88. The van der Waals surface area contributed by atoms with Gasteiger partial charge in [-0.3, -0.25) is 0 Å². The fraction of sp³-hybridized carbons (Fsp3) is 0.400. The molecule has 0 heterocycles. The molecule has 0 aliphatic rings. The van der Waals surface area contributed by atoms with Gasteiger partial charge in [-0.25, -0.2) is 0 Å². The molecule has 0 aromatic rings. The molecule has 1 unspecified atom stereocenters. The molecule has 0 bridgehead atoms. The maximum Gasteiger partial charge on any atom is 0.0464 e. The minimum Gasteiger partial charge on any atom is -0.369 e. The summed E-state index contributed by atoms with van der Waals surface area (Å²) in [6.45, 7) is 13.4. The summed E-state index contributed by atoms with van der Waals surface area (Å²) in [6.07, 6.45) is 4.73. The standard InChI is InChI=1S/C10H17N/c1-6-9(4)11(5)10(7-2)8-3/h6-7,10H,1-2,4,8H2,3,5H3. The van der Waals surface area contributed by atoms with E-state index in [2.05, 4.69) is 31.6 Å². The Labute approximate surface area is 69.7 Å². The van der Waals surface area contributed by atoms with E-state index in [0.717, 1.165) is 12.1 Å². The van der Waals surface area contributed by atoms with Gasteiger partial charge in [0.15, 0.2) is 0 Å². The first-order valence-corrected chi connectivity index (χ1v) is 3.84. The number of allylic oxidation sites excluding steroid dienone is 1. The zero-order valence-corrected chi connectivity index (χ0v) is 7.51. The van der Waals surface area contributed by atoms with Crippen LogP contribution in [-0.4, -0.2) is 18.0 Å². The van der Waals surface area contributed by atoms with Crippen LogP contribution in [0.3, 0.4) is 0 Å². The molecule has 0 saturated carbocycles. The molecule has 0 spiro atoms. The van der Waals surface area contributed by atoms with E-state index in [1.165, 1.54) is 0 Å². The number of likely N-dealkylation sites (N-methyl/N-ethyl adjacent to an activating group) is 1. The smallest absolute Gasteiger partial charge is 0.0464 e. The molecule has 0 aromatic carbocycles. The summed E-state index contributed by atoms with van der Waals surface area (Å²) >= 11 is 0. The van der Waals surface area contributed by atoms with Crippen LogP contribution < -0.4 is 0 Å². The van der Waals surface area contributed by atoms with E-state index in [9.17, 15) is 0 Å². The SMILES string of the molecule is C=CC(=C)N(C)C(C=C)CC. The first-order valence-electron chi connectivity index (χ1n) is 3.84. The lowest BCUT2D eigenvalue weighted by Gasteiger charge is -2.26. The molecule has 0 rings (SSSR count). The van der Waals surface area contributed by atoms with Gasteiger partial charge in [0.05, 0.1) is 0 Å². The highest BCUT2D eigenvalue weighted by Gasteiger charge is 2.07. The fourth-order valence-electron chi connectivity index (χ4n) is 0.956. The van der Waals surface area contributed by atoms with Crippen molar-refractivity contribution in [2.24, 2.45) is 0 Å². The summed E-state index contributed by atoms with van der Waals surface area (Å²) in [5.41, 5.74) is 0.941. The molecule has 0 N–H and O–H groups in total. The first kappa shape index (κ1) is 10.0. The zero-order valence-electron chi connectivity index (χ0n) is 7.51. The van der Waals surface area contributed by atoms with E-state index in [0.29, 0.717) is 6.04 Å². The molecular weight excluding hydrogens is 134 g/mol. The molecule has 0 amide bonds. The predicted octanol–water partition coefficient (Wildman–Crippen LogP) is 2.58. The quantitative estimate of drug-likeness (QED) is 0.431. The van der Waals surface area contributed by atoms with Gasteiger partial charge in [0, 0.05) is 18.8 Å². The minimum absolute atomic E-state index is 0.375. The van der Waals surface area contributed by atoms with E-state index in [1.54, 1.807) is 6.08 Å². The Hall–Kier alpha value is -0.980. The monoisotopic (exact) mass is 151 g/mol. The van der Waals surface area contributed by atoms with Crippen molar-refractivity contribution in [3.8, 4) is 0 Å². The van der Waals surface area contributed by atoms with Crippen molar-refractivity contribution < 1.29 is 0 Å². The Balaban J connectivity index is 4.18. The molecule has 0 aromatic heterocycles. The molecule has 11 heavy (non-hydrogen) atoms. The first-order chi connectivity index (χ1) is 5.17. The van der Waals surface area contributed by atoms with Crippen LogP contribution in [-0.2, 0) is 0 Å². The van der Waals surface area contributed by atoms with Crippen molar-refractivity contribution in [1.82, 2.24) is 4.90 Å². The Kier molecular flexibility index (Phi) is 4.35. The molecule has 1 atom stereocenters. The molecular formula is C10H17N. The summed E-state index contributed by atoms with van der Waals surface area (Å²) in [7, 11) is 2.00. The summed E-state index contributed by atoms with van der Waals surface area (Å²) in [5.74, 6) is 0. The second kappa shape index (κ2) is 4.78. The fourth-order valence-corrected chi connectivity index (χ4v) is 0.956. The predicted molar refractivity (Wildman–Crippen MR) is 51.4 cm³/mol. The second-order valence-electron chi connectivity index (χ2n) is 2.52. The van der Waals surface area contributed by atoms with Gasteiger partial charge in [-0.2, -0.15) is 0 Å². The van der Waals surface area contributed by atoms with E-state index in [-0.39, 0.29) is 0 Å². The van der Waals surface area contributed by atoms with E-state index in [4.69, 9.17) is 0 Å². The largest absolute Gasteiger partial charge is 0.369 e. The molecule has 0 radical (unpaired) electrons. The van der Waals surface area contributed by atoms with Gasteiger partial charge in [-0.1, -0.05) is 26.2 Å². The molecule has 0 fully saturated rings.